The predicted molar refractivity (Wildman–Crippen MR) is 129 cm³/mol. The van der Waals surface area contributed by atoms with Crippen molar-refractivity contribution < 1.29 is 24.3 Å². The Kier molecular flexibility index (Phi) is 12.2. The second kappa shape index (κ2) is 14.0. The Morgan fingerprint density at radius 1 is 0.938 bits per heavy atom. The third kappa shape index (κ3) is 8.71. The highest BCUT2D eigenvalue weighted by Gasteiger charge is 2.31. The summed E-state index contributed by atoms with van der Waals surface area (Å²) in [6.07, 6.45) is 0.717. The minimum absolute atomic E-state index is 0.0629. The zero-order chi connectivity index (χ0) is 24.3. The Hall–Kier alpha value is -2.24. The predicted octanol–water partition coefficient (Wildman–Crippen LogP) is 0.00110. The summed E-state index contributed by atoms with van der Waals surface area (Å²) >= 11 is 8.12. The highest BCUT2D eigenvalue weighted by atomic mass is 32.1. The summed E-state index contributed by atoms with van der Waals surface area (Å²) in [4.78, 5) is 49.4. The molecule has 1 aromatic carbocycles. The van der Waals surface area contributed by atoms with Gasteiger partial charge in [-0.3, -0.25) is 14.4 Å². The maximum Gasteiger partial charge on any atom is 0.326 e. The zero-order valence-corrected chi connectivity index (χ0v) is 19.9. The SMILES string of the molecule is CCC(C)C(NC(=O)C(CS)NC(=O)C(Cc1ccccc1)NC(=O)C(N)CS)C(=O)O. The highest BCUT2D eigenvalue weighted by Crippen LogP contribution is 2.09. The summed E-state index contributed by atoms with van der Waals surface area (Å²) in [5.74, 6) is -3.26. The van der Waals surface area contributed by atoms with Gasteiger partial charge in [-0.2, -0.15) is 25.3 Å². The van der Waals surface area contributed by atoms with Gasteiger partial charge in [0.05, 0.1) is 6.04 Å². The second-order valence-corrected chi connectivity index (χ2v) is 8.22. The first-order chi connectivity index (χ1) is 15.1. The lowest BCUT2D eigenvalue weighted by Gasteiger charge is -2.26. The third-order valence-electron chi connectivity index (χ3n) is 5.04. The van der Waals surface area contributed by atoms with Gasteiger partial charge in [0, 0.05) is 17.9 Å². The van der Waals surface area contributed by atoms with Gasteiger partial charge in [-0.1, -0.05) is 50.6 Å². The van der Waals surface area contributed by atoms with Crippen LogP contribution >= 0.6 is 25.3 Å². The number of thiol groups is 2. The van der Waals surface area contributed by atoms with Crippen molar-refractivity contribution >= 4 is 48.9 Å². The second-order valence-electron chi connectivity index (χ2n) is 7.49. The van der Waals surface area contributed by atoms with E-state index in [1.165, 1.54) is 0 Å². The van der Waals surface area contributed by atoms with E-state index in [1.807, 2.05) is 13.0 Å². The monoisotopic (exact) mass is 484 g/mol. The molecule has 1 rings (SSSR count). The van der Waals surface area contributed by atoms with Crippen LogP contribution in [0.4, 0.5) is 0 Å². The molecule has 5 atom stereocenters. The highest BCUT2D eigenvalue weighted by molar-refractivity contribution is 7.80. The molecule has 0 aliphatic heterocycles. The van der Waals surface area contributed by atoms with Crippen LogP contribution < -0.4 is 21.7 Å². The molecule has 0 saturated heterocycles. The van der Waals surface area contributed by atoms with E-state index in [0.717, 1.165) is 5.56 Å². The number of carbonyl (C=O) groups is 4. The van der Waals surface area contributed by atoms with E-state index in [2.05, 4.69) is 41.2 Å². The van der Waals surface area contributed by atoms with Crippen LogP contribution in [0.5, 0.6) is 0 Å². The van der Waals surface area contributed by atoms with Crippen LogP contribution in [0.2, 0.25) is 0 Å². The molecule has 0 saturated carbocycles. The number of amides is 3. The van der Waals surface area contributed by atoms with Gasteiger partial charge in [-0.05, 0) is 11.5 Å². The number of nitrogens with one attached hydrogen (secondary N) is 3. The van der Waals surface area contributed by atoms with Crippen molar-refractivity contribution in [1.82, 2.24) is 16.0 Å². The topological polar surface area (TPSA) is 151 Å². The first-order valence-electron chi connectivity index (χ1n) is 10.3. The van der Waals surface area contributed by atoms with Crippen LogP contribution in [0.25, 0.3) is 0 Å². The molecular weight excluding hydrogens is 452 g/mol. The summed E-state index contributed by atoms with van der Waals surface area (Å²) in [7, 11) is 0. The molecule has 0 heterocycles. The number of carbonyl (C=O) groups excluding carboxylic acids is 3. The van der Waals surface area contributed by atoms with E-state index in [1.54, 1.807) is 31.2 Å². The molecular formula is C21H32N4O5S2. The largest absolute Gasteiger partial charge is 0.480 e. The molecule has 3 amide bonds. The van der Waals surface area contributed by atoms with Crippen LogP contribution in [0, 0.1) is 5.92 Å². The zero-order valence-electron chi connectivity index (χ0n) is 18.2. The fraction of sp³-hybridized carbons (Fsp3) is 0.524. The van der Waals surface area contributed by atoms with Gasteiger partial charge < -0.3 is 26.8 Å². The Labute approximate surface area is 199 Å². The Morgan fingerprint density at radius 3 is 2.00 bits per heavy atom. The summed E-state index contributed by atoms with van der Waals surface area (Å²) in [6, 6.07) is 4.94. The van der Waals surface area contributed by atoms with Crippen LogP contribution in [0.3, 0.4) is 0 Å². The van der Waals surface area contributed by atoms with Crippen molar-refractivity contribution in [3.63, 3.8) is 0 Å². The molecule has 32 heavy (non-hydrogen) atoms. The Morgan fingerprint density at radius 2 is 1.50 bits per heavy atom. The van der Waals surface area contributed by atoms with Crippen molar-refractivity contribution in [1.29, 1.82) is 0 Å². The molecule has 11 heteroatoms. The van der Waals surface area contributed by atoms with Gasteiger partial charge in [0.1, 0.15) is 18.1 Å². The van der Waals surface area contributed by atoms with E-state index in [4.69, 9.17) is 5.73 Å². The molecule has 9 nitrogen and oxygen atoms in total. The molecule has 1 aromatic rings. The van der Waals surface area contributed by atoms with Crippen molar-refractivity contribution in [3.8, 4) is 0 Å². The van der Waals surface area contributed by atoms with E-state index in [-0.39, 0.29) is 23.8 Å². The molecule has 0 bridgehead atoms. The number of nitrogens with two attached hydrogens (primary N) is 1. The summed E-state index contributed by atoms with van der Waals surface area (Å²) in [5, 5.41) is 17.0. The quantitative estimate of drug-likeness (QED) is 0.196. The van der Waals surface area contributed by atoms with E-state index >= 15 is 0 Å². The average Bonchev–Trinajstić information content (AvgIpc) is 2.79. The normalized spacial score (nSPS) is 15.5. The van der Waals surface area contributed by atoms with E-state index < -0.39 is 47.9 Å². The number of benzene rings is 1. The smallest absolute Gasteiger partial charge is 0.326 e. The molecule has 0 fully saturated rings. The number of rotatable bonds is 13. The van der Waals surface area contributed by atoms with Crippen molar-refractivity contribution in [2.45, 2.75) is 50.9 Å². The molecule has 5 unspecified atom stereocenters. The van der Waals surface area contributed by atoms with Gasteiger partial charge in [-0.15, -0.1) is 0 Å². The van der Waals surface area contributed by atoms with Crippen molar-refractivity contribution in [2.24, 2.45) is 11.7 Å². The minimum atomic E-state index is -1.16. The van der Waals surface area contributed by atoms with Crippen LogP contribution in [-0.2, 0) is 25.6 Å². The standard InChI is InChI=1S/C21H32N4O5S2/c1-3-12(2)17(21(29)30)25-20(28)16(11-32)24-19(27)15(23-18(26)14(22)10-31)9-13-7-5-4-6-8-13/h4-8,12,14-17,31-32H,3,9-11,22H2,1-2H3,(H,23,26)(H,24,27)(H,25,28)(H,29,30). The van der Waals surface area contributed by atoms with Gasteiger partial charge in [0.15, 0.2) is 0 Å². The minimum Gasteiger partial charge on any atom is -0.480 e. The number of aliphatic carboxylic acids is 1. The molecule has 0 radical (unpaired) electrons. The van der Waals surface area contributed by atoms with Gasteiger partial charge >= 0.3 is 5.97 Å². The van der Waals surface area contributed by atoms with E-state index in [9.17, 15) is 24.3 Å². The first kappa shape index (κ1) is 27.8. The lowest BCUT2D eigenvalue weighted by Crippen LogP contribution is -2.58. The summed E-state index contributed by atoms with van der Waals surface area (Å²) < 4.78 is 0. The third-order valence-corrected chi connectivity index (χ3v) is 5.80. The molecule has 0 aromatic heterocycles. The van der Waals surface area contributed by atoms with Gasteiger partial charge in [0.2, 0.25) is 17.7 Å². The average molecular weight is 485 g/mol. The summed E-state index contributed by atoms with van der Waals surface area (Å²) in [5.41, 5.74) is 6.50. The Bertz CT molecular complexity index is 781. The van der Waals surface area contributed by atoms with Crippen LogP contribution in [-0.4, -0.2) is 64.5 Å². The van der Waals surface area contributed by atoms with Gasteiger partial charge in [0.25, 0.3) is 0 Å². The van der Waals surface area contributed by atoms with E-state index in [0.29, 0.717) is 6.42 Å². The lowest BCUT2D eigenvalue weighted by molar-refractivity contribution is -0.143. The molecule has 0 aliphatic carbocycles. The molecule has 6 N–H and O–H groups in total. The first-order valence-corrected chi connectivity index (χ1v) is 11.6. The molecule has 0 spiro atoms. The van der Waals surface area contributed by atoms with Crippen LogP contribution in [0.1, 0.15) is 25.8 Å². The number of carboxylic acids is 1. The number of hydrogen-bond donors (Lipinski definition) is 7. The lowest BCUT2D eigenvalue weighted by atomic mass is 9.99. The maximum absolute atomic E-state index is 13.0. The summed E-state index contributed by atoms with van der Waals surface area (Å²) in [6.45, 7) is 3.53. The van der Waals surface area contributed by atoms with Crippen molar-refractivity contribution in [2.75, 3.05) is 11.5 Å². The fourth-order valence-corrected chi connectivity index (χ4v) is 3.25. The molecule has 0 aliphatic rings. The number of carboxylic acid groups (broad SMARTS) is 1. The van der Waals surface area contributed by atoms with Crippen molar-refractivity contribution in [3.05, 3.63) is 35.9 Å². The maximum atomic E-state index is 13.0. The fourth-order valence-electron chi connectivity index (χ4n) is 2.82. The number of hydrogen-bond acceptors (Lipinski definition) is 7. The molecule has 178 valence electrons. The van der Waals surface area contributed by atoms with Crippen LogP contribution in [0.15, 0.2) is 30.3 Å². The van der Waals surface area contributed by atoms with Gasteiger partial charge in [-0.25, -0.2) is 4.79 Å². The Balaban J connectivity index is 2.97.